The number of nitrogens with one attached hydrogen (secondary N) is 2. The lowest BCUT2D eigenvalue weighted by atomic mass is 10.2. The topological polar surface area (TPSA) is 101 Å². The molecule has 1 aromatic heterocycles. The van der Waals surface area contributed by atoms with Gasteiger partial charge in [0, 0.05) is 18.4 Å². The van der Waals surface area contributed by atoms with Crippen LogP contribution in [-0.4, -0.2) is 30.5 Å². The van der Waals surface area contributed by atoms with E-state index in [2.05, 4.69) is 20.0 Å². The molecule has 7 nitrogen and oxygen atoms in total. The van der Waals surface area contributed by atoms with E-state index >= 15 is 0 Å². The molecule has 0 aliphatic carbocycles. The number of nitrogens with zero attached hydrogens (tertiary/aromatic N) is 2. The minimum absolute atomic E-state index is 0.232. The molecule has 2 aromatic rings. The monoisotopic (exact) mass is 320 g/mol. The molecular formula is C14H16N4O3S. The summed E-state index contributed by atoms with van der Waals surface area (Å²) in [5.41, 5.74) is 2.18. The Bertz CT molecular complexity index is 773. The first-order valence-corrected chi connectivity index (χ1v) is 8.36. The standard InChI is InChI=1S/C14H16N4O3S/c1-10-7-16-13(9-15-10)14(19)17-8-11-4-3-5-12(6-11)18-22(2,20)21/h3-7,9,18H,8H2,1-2H3,(H,17,19). The molecule has 0 unspecified atom stereocenters. The number of carbonyl (C=O) groups is 1. The Balaban J connectivity index is 2.01. The Morgan fingerprint density at radius 1 is 1.23 bits per heavy atom. The molecule has 1 heterocycles. The summed E-state index contributed by atoms with van der Waals surface area (Å²) < 4.78 is 24.8. The van der Waals surface area contributed by atoms with E-state index in [-0.39, 0.29) is 18.1 Å². The molecule has 0 saturated heterocycles. The van der Waals surface area contributed by atoms with Crippen LogP contribution in [0.25, 0.3) is 0 Å². The summed E-state index contributed by atoms with van der Waals surface area (Å²) in [6, 6.07) is 6.79. The molecule has 0 bridgehead atoms. The van der Waals surface area contributed by atoms with Crippen molar-refractivity contribution in [3.63, 3.8) is 0 Å². The fourth-order valence-corrected chi connectivity index (χ4v) is 2.30. The lowest BCUT2D eigenvalue weighted by molar-refractivity contribution is 0.0945. The quantitative estimate of drug-likeness (QED) is 0.858. The molecule has 2 rings (SSSR count). The highest BCUT2D eigenvalue weighted by atomic mass is 32.2. The predicted molar refractivity (Wildman–Crippen MR) is 82.8 cm³/mol. The third-order valence-corrected chi connectivity index (χ3v) is 3.30. The third kappa shape index (κ3) is 4.81. The van der Waals surface area contributed by atoms with Gasteiger partial charge in [-0.05, 0) is 24.6 Å². The number of carbonyl (C=O) groups excluding carboxylic acids is 1. The van der Waals surface area contributed by atoms with Gasteiger partial charge in [-0.2, -0.15) is 0 Å². The lowest BCUT2D eigenvalue weighted by Crippen LogP contribution is -2.24. The largest absolute Gasteiger partial charge is 0.347 e. The van der Waals surface area contributed by atoms with Crippen molar-refractivity contribution < 1.29 is 13.2 Å². The Kier molecular flexibility index (Phi) is 4.71. The van der Waals surface area contributed by atoms with Gasteiger partial charge in [-0.3, -0.25) is 14.5 Å². The average molecular weight is 320 g/mol. The second-order valence-electron chi connectivity index (χ2n) is 4.80. The summed E-state index contributed by atoms with van der Waals surface area (Å²) in [6.07, 6.45) is 4.01. The van der Waals surface area contributed by atoms with E-state index in [1.54, 1.807) is 31.2 Å². The molecular weight excluding hydrogens is 304 g/mol. The number of sulfonamides is 1. The van der Waals surface area contributed by atoms with E-state index in [4.69, 9.17) is 0 Å². The highest BCUT2D eigenvalue weighted by Crippen LogP contribution is 2.11. The lowest BCUT2D eigenvalue weighted by Gasteiger charge is -2.08. The smallest absolute Gasteiger partial charge is 0.271 e. The molecule has 0 aliphatic heterocycles. The van der Waals surface area contributed by atoms with E-state index in [1.807, 2.05) is 0 Å². The van der Waals surface area contributed by atoms with Crippen molar-refractivity contribution in [1.82, 2.24) is 15.3 Å². The van der Waals surface area contributed by atoms with Crippen LogP contribution in [0.5, 0.6) is 0 Å². The SMILES string of the molecule is Cc1cnc(C(=O)NCc2cccc(NS(C)(=O)=O)c2)cn1. The fraction of sp³-hybridized carbons (Fsp3) is 0.214. The zero-order chi connectivity index (χ0) is 16.2. The number of amides is 1. The van der Waals surface area contributed by atoms with Gasteiger partial charge in [-0.15, -0.1) is 0 Å². The van der Waals surface area contributed by atoms with Gasteiger partial charge in [0.2, 0.25) is 10.0 Å². The van der Waals surface area contributed by atoms with Crippen molar-refractivity contribution in [2.24, 2.45) is 0 Å². The van der Waals surface area contributed by atoms with Crippen molar-refractivity contribution >= 4 is 21.6 Å². The Hall–Kier alpha value is -2.48. The maximum Gasteiger partial charge on any atom is 0.271 e. The van der Waals surface area contributed by atoms with Crippen LogP contribution in [0.2, 0.25) is 0 Å². The zero-order valence-corrected chi connectivity index (χ0v) is 13.0. The van der Waals surface area contributed by atoms with Crippen LogP contribution >= 0.6 is 0 Å². The van der Waals surface area contributed by atoms with Gasteiger partial charge in [0.05, 0.1) is 18.1 Å². The van der Waals surface area contributed by atoms with Crippen molar-refractivity contribution in [3.8, 4) is 0 Å². The molecule has 1 aromatic carbocycles. The number of hydrogen-bond donors (Lipinski definition) is 2. The maximum atomic E-state index is 11.9. The van der Waals surface area contributed by atoms with Crippen molar-refractivity contribution in [3.05, 3.63) is 53.6 Å². The van der Waals surface area contributed by atoms with Gasteiger partial charge in [0.1, 0.15) is 5.69 Å². The molecule has 0 spiro atoms. The molecule has 0 saturated carbocycles. The Morgan fingerprint density at radius 3 is 2.64 bits per heavy atom. The van der Waals surface area contributed by atoms with Crippen molar-refractivity contribution in [2.75, 3.05) is 11.0 Å². The molecule has 1 amide bonds. The summed E-state index contributed by atoms with van der Waals surface area (Å²) >= 11 is 0. The highest BCUT2D eigenvalue weighted by Gasteiger charge is 2.08. The van der Waals surface area contributed by atoms with E-state index < -0.39 is 10.0 Å². The first-order chi connectivity index (χ1) is 10.3. The van der Waals surface area contributed by atoms with Gasteiger partial charge in [0.15, 0.2) is 0 Å². The van der Waals surface area contributed by atoms with Gasteiger partial charge in [-0.1, -0.05) is 12.1 Å². The number of aryl methyl sites for hydroxylation is 1. The number of aromatic nitrogens is 2. The first-order valence-electron chi connectivity index (χ1n) is 6.47. The Morgan fingerprint density at radius 2 is 2.00 bits per heavy atom. The highest BCUT2D eigenvalue weighted by molar-refractivity contribution is 7.92. The van der Waals surface area contributed by atoms with E-state index in [1.165, 1.54) is 12.4 Å². The van der Waals surface area contributed by atoms with Gasteiger partial charge >= 0.3 is 0 Å². The molecule has 8 heteroatoms. The van der Waals surface area contributed by atoms with Gasteiger partial charge < -0.3 is 5.32 Å². The van der Waals surface area contributed by atoms with Crippen LogP contribution in [0.15, 0.2) is 36.7 Å². The molecule has 2 N–H and O–H groups in total. The summed E-state index contributed by atoms with van der Waals surface area (Å²) in [5, 5.41) is 2.71. The van der Waals surface area contributed by atoms with E-state index in [0.717, 1.165) is 17.5 Å². The minimum atomic E-state index is -3.33. The minimum Gasteiger partial charge on any atom is -0.347 e. The molecule has 0 radical (unpaired) electrons. The molecule has 116 valence electrons. The second kappa shape index (κ2) is 6.52. The maximum absolute atomic E-state index is 11.9. The third-order valence-electron chi connectivity index (χ3n) is 2.70. The predicted octanol–water partition coefficient (Wildman–Crippen LogP) is 1.09. The van der Waals surface area contributed by atoms with Gasteiger partial charge in [-0.25, -0.2) is 13.4 Å². The Labute approximate surface area is 128 Å². The molecule has 0 atom stereocenters. The second-order valence-corrected chi connectivity index (χ2v) is 6.55. The zero-order valence-electron chi connectivity index (χ0n) is 12.2. The van der Waals surface area contributed by atoms with Crippen molar-refractivity contribution in [2.45, 2.75) is 13.5 Å². The summed E-state index contributed by atoms with van der Waals surface area (Å²) in [5.74, 6) is -0.339. The van der Waals surface area contributed by atoms with Crippen molar-refractivity contribution in [1.29, 1.82) is 0 Å². The van der Waals surface area contributed by atoms with Gasteiger partial charge in [0.25, 0.3) is 5.91 Å². The van der Waals surface area contributed by atoms with Crippen LogP contribution in [0.3, 0.4) is 0 Å². The molecule has 0 fully saturated rings. The summed E-state index contributed by atoms with van der Waals surface area (Å²) in [4.78, 5) is 19.9. The molecule has 0 aliphatic rings. The van der Waals surface area contributed by atoms with E-state index in [9.17, 15) is 13.2 Å². The van der Waals surface area contributed by atoms with Crippen LogP contribution in [-0.2, 0) is 16.6 Å². The first kappa shape index (κ1) is 15.9. The van der Waals surface area contributed by atoms with E-state index in [0.29, 0.717) is 5.69 Å². The fourth-order valence-electron chi connectivity index (χ4n) is 1.74. The summed E-state index contributed by atoms with van der Waals surface area (Å²) in [6.45, 7) is 2.04. The van der Waals surface area contributed by atoms with Crippen LogP contribution in [0.1, 0.15) is 21.7 Å². The number of anilines is 1. The number of benzene rings is 1. The average Bonchev–Trinajstić information content (AvgIpc) is 2.44. The molecule has 22 heavy (non-hydrogen) atoms. The number of rotatable bonds is 5. The summed E-state index contributed by atoms with van der Waals surface area (Å²) in [7, 11) is -3.33. The van der Waals surface area contributed by atoms with Crippen LogP contribution < -0.4 is 10.0 Å². The van der Waals surface area contributed by atoms with Crippen LogP contribution in [0, 0.1) is 6.92 Å². The number of hydrogen-bond acceptors (Lipinski definition) is 5. The van der Waals surface area contributed by atoms with Crippen LogP contribution in [0.4, 0.5) is 5.69 Å². The normalized spacial score (nSPS) is 11.0.